The minimum atomic E-state index is -4.81. The van der Waals surface area contributed by atoms with E-state index in [1.54, 1.807) is 30.4 Å². The first-order valence-corrected chi connectivity index (χ1v) is 21.0. The Balaban J connectivity index is 4.25. The minimum Gasteiger partial charge on any atom is -0.462 e. The molecule has 0 aromatic heterocycles. The van der Waals surface area contributed by atoms with Gasteiger partial charge in [0.2, 0.25) is 0 Å². The summed E-state index contributed by atoms with van der Waals surface area (Å²) in [5.41, 5.74) is 0. The van der Waals surface area contributed by atoms with Crippen molar-refractivity contribution in [1.82, 2.24) is 0 Å². The van der Waals surface area contributed by atoms with E-state index < -0.39 is 44.7 Å². The second-order valence-electron chi connectivity index (χ2n) is 12.9. The van der Waals surface area contributed by atoms with E-state index in [2.05, 4.69) is 18.4 Å². The van der Waals surface area contributed by atoms with E-state index in [1.807, 2.05) is 42.5 Å². The molecule has 298 valence electrons. The second kappa shape index (κ2) is 35.4. The van der Waals surface area contributed by atoms with Gasteiger partial charge in [-0.15, -0.1) is 0 Å². The van der Waals surface area contributed by atoms with E-state index in [4.69, 9.17) is 19.3 Å². The van der Waals surface area contributed by atoms with Gasteiger partial charge in [0.05, 0.1) is 18.8 Å². The molecule has 0 unspecified atom stereocenters. The van der Waals surface area contributed by atoms with Crippen molar-refractivity contribution in [2.45, 2.75) is 161 Å². The summed E-state index contributed by atoms with van der Waals surface area (Å²) >= 11 is 0. The van der Waals surface area contributed by atoms with Gasteiger partial charge >= 0.3 is 19.8 Å². The van der Waals surface area contributed by atoms with Crippen molar-refractivity contribution in [3.05, 3.63) is 72.9 Å². The molecule has 0 aromatic rings. The molecule has 0 heterocycles. The van der Waals surface area contributed by atoms with Gasteiger partial charge in [0, 0.05) is 12.8 Å². The molecule has 3 atom stereocenters. The van der Waals surface area contributed by atoms with Gasteiger partial charge in [-0.3, -0.25) is 14.1 Å². The number of esters is 2. The summed E-state index contributed by atoms with van der Waals surface area (Å²) in [4.78, 5) is 42.7. The lowest BCUT2D eigenvalue weighted by atomic mass is 10.0. The maximum atomic E-state index is 12.4. The molecule has 0 aliphatic rings. The number of phosphoric ester groups is 1. The van der Waals surface area contributed by atoms with E-state index in [1.165, 1.54) is 57.8 Å². The van der Waals surface area contributed by atoms with Crippen LogP contribution in [0.3, 0.4) is 0 Å². The van der Waals surface area contributed by atoms with Crippen LogP contribution in [0.2, 0.25) is 0 Å². The SMILES string of the molecule is CC/C=C\C[C@H](O)/C=C/C=C\C/C=C\C=C\[C@H](O)/C=C\CCCC(=O)O[C@H](COC(=O)CCCCCCCCCCCCCCC)COP(=O)(O)O. The van der Waals surface area contributed by atoms with E-state index in [0.29, 0.717) is 32.1 Å². The first kappa shape index (κ1) is 49.4. The van der Waals surface area contributed by atoms with Gasteiger partial charge in [-0.1, -0.05) is 164 Å². The smallest absolute Gasteiger partial charge is 0.462 e. The van der Waals surface area contributed by atoms with Crippen LogP contribution in [-0.4, -0.2) is 63.5 Å². The highest BCUT2D eigenvalue weighted by Gasteiger charge is 2.22. The predicted molar refractivity (Wildman–Crippen MR) is 209 cm³/mol. The van der Waals surface area contributed by atoms with E-state index in [-0.39, 0.29) is 19.4 Å². The highest BCUT2D eigenvalue weighted by Crippen LogP contribution is 2.36. The summed E-state index contributed by atoms with van der Waals surface area (Å²) in [6.45, 7) is 3.32. The lowest BCUT2D eigenvalue weighted by Gasteiger charge is -2.18. The Morgan fingerprint density at radius 1 is 0.635 bits per heavy atom. The summed E-state index contributed by atoms with van der Waals surface area (Å²) in [5.74, 6) is -1.07. The van der Waals surface area contributed by atoms with E-state index in [9.17, 15) is 24.4 Å². The van der Waals surface area contributed by atoms with Crippen molar-refractivity contribution >= 4 is 19.8 Å². The molecule has 0 aromatic carbocycles. The third-order valence-electron chi connectivity index (χ3n) is 7.91. The number of carbonyl (C=O) groups is 2. The molecule has 0 saturated heterocycles. The summed E-state index contributed by atoms with van der Waals surface area (Å²) < 4.78 is 26.2. The number of hydrogen-bond acceptors (Lipinski definition) is 8. The van der Waals surface area contributed by atoms with Crippen LogP contribution < -0.4 is 0 Å². The van der Waals surface area contributed by atoms with Crippen LogP contribution in [0.5, 0.6) is 0 Å². The van der Waals surface area contributed by atoms with Gasteiger partial charge in [0.15, 0.2) is 6.10 Å². The molecule has 0 aliphatic carbocycles. The molecule has 0 rings (SSSR count). The predicted octanol–water partition coefficient (Wildman–Crippen LogP) is 9.45. The average Bonchev–Trinajstić information content (AvgIpc) is 3.10. The first-order valence-electron chi connectivity index (χ1n) is 19.5. The normalized spacial score (nSPS) is 14.5. The van der Waals surface area contributed by atoms with Crippen molar-refractivity contribution in [3.8, 4) is 0 Å². The number of aliphatic hydroxyl groups excluding tert-OH is 2. The Kier molecular flexibility index (Phi) is 33.7. The lowest BCUT2D eigenvalue weighted by Crippen LogP contribution is -2.29. The molecular weight excluding hydrogens is 683 g/mol. The van der Waals surface area contributed by atoms with Crippen LogP contribution in [0.25, 0.3) is 0 Å². The molecule has 0 spiro atoms. The number of ether oxygens (including phenoxy) is 2. The second-order valence-corrected chi connectivity index (χ2v) is 14.2. The molecule has 0 saturated carbocycles. The van der Waals surface area contributed by atoms with Crippen molar-refractivity contribution in [3.63, 3.8) is 0 Å². The zero-order valence-corrected chi connectivity index (χ0v) is 32.8. The average molecular weight is 753 g/mol. The molecule has 10 nitrogen and oxygen atoms in total. The Hall–Kier alpha value is -2.59. The number of rotatable bonds is 34. The molecule has 0 fully saturated rings. The van der Waals surface area contributed by atoms with Crippen molar-refractivity contribution < 1.29 is 48.2 Å². The highest BCUT2D eigenvalue weighted by molar-refractivity contribution is 7.46. The van der Waals surface area contributed by atoms with Gasteiger partial charge in [-0.2, -0.15) is 0 Å². The summed E-state index contributed by atoms with van der Waals surface area (Å²) in [5, 5.41) is 19.9. The van der Waals surface area contributed by atoms with Gasteiger partial charge in [-0.05, 0) is 38.5 Å². The Morgan fingerprint density at radius 2 is 1.21 bits per heavy atom. The third kappa shape index (κ3) is 37.2. The molecule has 52 heavy (non-hydrogen) atoms. The number of allylic oxidation sites excluding steroid dienone is 8. The molecule has 0 bridgehead atoms. The van der Waals surface area contributed by atoms with Crippen LogP contribution in [-0.2, 0) is 28.2 Å². The summed E-state index contributed by atoms with van der Waals surface area (Å²) in [6, 6.07) is 0. The van der Waals surface area contributed by atoms with Crippen molar-refractivity contribution in [2.75, 3.05) is 13.2 Å². The number of phosphoric acid groups is 1. The van der Waals surface area contributed by atoms with Crippen LogP contribution in [0.1, 0.15) is 142 Å². The fourth-order valence-electron chi connectivity index (χ4n) is 4.99. The fraction of sp³-hybridized carbons (Fsp3) is 0.659. The fourth-order valence-corrected chi connectivity index (χ4v) is 5.35. The zero-order valence-electron chi connectivity index (χ0n) is 31.9. The standard InChI is InChI=1S/C41H69O10P/c1-3-5-7-8-9-10-11-12-13-14-18-21-27-33-40(44)49-35-39(36-50-52(46,47)48)51-41(45)34-28-22-26-32-38(43)31-25-20-17-15-16-19-24-30-37(42)29-23-6-4-2/h6,16-17,19-20,23-26,30-32,37-39,42-43H,3-5,7-15,18,21-22,27-29,33-36H2,1-2H3,(H2,46,47,48)/b19-16-,20-17-,23-6-,30-24+,31-25+,32-26-/t37-,38-,39+/m0/s1. The quantitative estimate of drug-likeness (QED) is 0.0164. The number of aliphatic hydroxyl groups is 2. The molecular formula is C41H69O10P. The van der Waals surface area contributed by atoms with Gasteiger partial charge in [-0.25, -0.2) is 4.57 Å². The Labute approximate surface area is 314 Å². The van der Waals surface area contributed by atoms with Gasteiger partial charge in [0.1, 0.15) is 6.61 Å². The first-order chi connectivity index (χ1) is 25.1. The molecule has 0 radical (unpaired) electrons. The van der Waals surface area contributed by atoms with Crippen molar-refractivity contribution in [1.29, 1.82) is 0 Å². The molecule has 0 amide bonds. The maximum Gasteiger partial charge on any atom is 0.469 e. The number of carbonyl (C=O) groups excluding carboxylic acids is 2. The zero-order chi connectivity index (χ0) is 38.5. The van der Waals surface area contributed by atoms with Gasteiger partial charge < -0.3 is 29.5 Å². The lowest BCUT2D eigenvalue weighted by molar-refractivity contribution is -0.161. The molecule has 0 aliphatic heterocycles. The van der Waals surface area contributed by atoms with Crippen molar-refractivity contribution in [2.24, 2.45) is 0 Å². The maximum absolute atomic E-state index is 12.4. The number of unbranched alkanes of at least 4 members (excludes halogenated alkanes) is 13. The third-order valence-corrected chi connectivity index (χ3v) is 8.40. The van der Waals surface area contributed by atoms with Crippen LogP contribution in [0.4, 0.5) is 0 Å². The van der Waals surface area contributed by atoms with Crippen LogP contribution in [0.15, 0.2) is 72.9 Å². The summed E-state index contributed by atoms with van der Waals surface area (Å²) in [7, 11) is -4.81. The van der Waals surface area contributed by atoms with E-state index >= 15 is 0 Å². The molecule has 11 heteroatoms. The highest BCUT2D eigenvalue weighted by atomic mass is 31.2. The molecule has 4 N–H and O–H groups in total. The van der Waals surface area contributed by atoms with Crippen LogP contribution >= 0.6 is 7.82 Å². The Bertz CT molecular complexity index is 1100. The topological polar surface area (TPSA) is 160 Å². The van der Waals surface area contributed by atoms with Gasteiger partial charge in [0.25, 0.3) is 0 Å². The monoisotopic (exact) mass is 752 g/mol. The largest absolute Gasteiger partial charge is 0.469 e. The number of hydrogen-bond donors (Lipinski definition) is 4. The van der Waals surface area contributed by atoms with Crippen LogP contribution in [0, 0.1) is 0 Å². The Morgan fingerprint density at radius 3 is 1.81 bits per heavy atom. The minimum absolute atomic E-state index is 0.0237. The summed E-state index contributed by atoms with van der Waals surface area (Å²) in [6.07, 6.45) is 38.4. The van der Waals surface area contributed by atoms with E-state index in [0.717, 1.165) is 25.7 Å².